The van der Waals surface area contributed by atoms with Crippen molar-refractivity contribution >= 4 is 34.4 Å². The maximum absolute atomic E-state index is 8.92. The SMILES string of the molecule is N#CC1(COC2=N/C(Cl)=C\CCC(Cl)=N2)CC1. The van der Waals surface area contributed by atoms with Gasteiger partial charge in [0.1, 0.15) is 16.9 Å². The maximum Gasteiger partial charge on any atom is 0.318 e. The summed E-state index contributed by atoms with van der Waals surface area (Å²) in [6.45, 7) is 0.292. The lowest BCUT2D eigenvalue weighted by atomic mass is 10.2. The first kappa shape index (κ1) is 12.4. The third-order valence-corrected chi connectivity index (χ3v) is 3.16. The molecule has 90 valence electrons. The summed E-state index contributed by atoms with van der Waals surface area (Å²) in [6, 6.07) is 2.37. The number of allylic oxidation sites excluding steroid dienone is 1. The second-order valence-electron chi connectivity index (χ2n) is 4.13. The molecule has 6 heteroatoms. The summed E-state index contributed by atoms with van der Waals surface area (Å²) in [7, 11) is 0. The molecule has 0 amide bonds. The molecule has 0 aromatic carbocycles. The van der Waals surface area contributed by atoms with Gasteiger partial charge in [-0.05, 0) is 25.3 Å². The lowest BCUT2D eigenvalue weighted by Gasteiger charge is -2.09. The normalized spacial score (nSPS) is 25.4. The molecule has 0 aromatic heterocycles. The molecule has 4 nitrogen and oxygen atoms in total. The van der Waals surface area contributed by atoms with E-state index in [0.717, 1.165) is 12.8 Å². The first-order valence-corrected chi connectivity index (χ1v) is 6.11. The smallest absolute Gasteiger partial charge is 0.318 e. The number of halogens is 2. The minimum Gasteiger partial charge on any atom is -0.462 e. The van der Waals surface area contributed by atoms with E-state index in [-0.39, 0.29) is 11.4 Å². The highest BCUT2D eigenvalue weighted by Gasteiger charge is 2.44. The van der Waals surface area contributed by atoms with E-state index < -0.39 is 0 Å². The first-order chi connectivity index (χ1) is 8.13. The van der Waals surface area contributed by atoms with Gasteiger partial charge in [-0.2, -0.15) is 15.2 Å². The molecule has 0 radical (unpaired) electrons. The van der Waals surface area contributed by atoms with E-state index in [1.54, 1.807) is 6.08 Å². The molecule has 0 saturated heterocycles. The first-order valence-electron chi connectivity index (χ1n) is 5.35. The Morgan fingerprint density at radius 2 is 2.18 bits per heavy atom. The Hall–Kier alpha value is -1.05. The number of nitrogens with zero attached hydrogens (tertiary/aromatic N) is 3. The number of amidine groups is 1. The zero-order valence-electron chi connectivity index (χ0n) is 9.12. The van der Waals surface area contributed by atoms with Gasteiger partial charge in [0.2, 0.25) is 0 Å². The predicted octanol–water partition coefficient (Wildman–Crippen LogP) is 3.17. The summed E-state index contributed by atoms with van der Waals surface area (Å²) in [5.41, 5.74) is -0.358. The Labute approximate surface area is 110 Å². The van der Waals surface area contributed by atoms with Crippen LogP contribution in [0.15, 0.2) is 21.2 Å². The Balaban J connectivity index is 2.04. The van der Waals surface area contributed by atoms with Crippen molar-refractivity contribution in [1.82, 2.24) is 0 Å². The van der Waals surface area contributed by atoms with Crippen LogP contribution in [0.2, 0.25) is 0 Å². The van der Waals surface area contributed by atoms with E-state index in [1.807, 2.05) is 0 Å². The monoisotopic (exact) mass is 271 g/mol. The molecular formula is C11H11Cl2N3O. The molecule has 17 heavy (non-hydrogen) atoms. The second kappa shape index (κ2) is 5.07. The van der Waals surface area contributed by atoms with Crippen molar-refractivity contribution in [3.63, 3.8) is 0 Å². The van der Waals surface area contributed by atoms with Gasteiger partial charge in [-0.1, -0.05) is 23.2 Å². The minimum absolute atomic E-state index is 0.137. The standard InChI is InChI=1S/C11H11Cl2N3O/c12-8-2-1-3-9(13)16-10(15-8)17-7-11(6-14)4-5-11/h2H,1,3-5,7H2/b8-2-,15-10?,16-9?. The van der Waals surface area contributed by atoms with E-state index >= 15 is 0 Å². The Morgan fingerprint density at radius 1 is 1.41 bits per heavy atom. The molecule has 0 aromatic rings. The molecule has 1 heterocycles. The third kappa shape index (κ3) is 3.45. The van der Waals surface area contributed by atoms with Gasteiger partial charge in [-0.15, -0.1) is 0 Å². The van der Waals surface area contributed by atoms with Gasteiger partial charge < -0.3 is 4.74 Å². The van der Waals surface area contributed by atoms with Gasteiger partial charge in [-0.25, -0.2) is 0 Å². The Kier molecular flexibility index (Phi) is 3.70. The molecule has 2 aliphatic rings. The van der Waals surface area contributed by atoms with Crippen LogP contribution in [0.25, 0.3) is 0 Å². The molecule has 1 saturated carbocycles. The van der Waals surface area contributed by atoms with Gasteiger partial charge >= 0.3 is 6.02 Å². The van der Waals surface area contributed by atoms with Crippen molar-refractivity contribution in [2.75, 3.05) is 6.61 Å². The third-order valence-electron chi connectivity index (χ3n) is 2.65. The maximum atomic E-state index is 8.92. The van der Waals surface area contributed by atoms with Crippen molar-refractivity contribution < 1.29 is 4.74 Å². The Bertz CT molecular complexity index is 444. The summed E-state index contributed by atoms with van der Waals surface area (Å²) in [5, 5.41) is 9.70. The van der Waals surface area contributed by atoms with Crippen LogP contribution in [-0.2, 0) is 4.74 Å². The summed E-state index contributed by atoms with van der Waals surface area (Å²) in [5.74, 6) is 0. The number of ether oxygens (including phenoxy) is 1. The lowest BCUT2D eigenvalue weighted by Crippen LogP contribution is -2.13. The van der Waals surface area contributed by atoms with Crippen molar-refractivity contribution in [3.8, 4) is 6.07 Å². The average Bonchev–Trinajstić information content (AvgIpc) is 3.04. The molecule has 0 atom stereocenters. The largest absolute Gasteiger partial charge is 0.462 e. The van der Waals surface area contributed by atoms with E-state index in [1.165, 1.54) is 0 Å². The molecule has 0 unspecified atom stereocenters. The highest BCUT2D eigenvalue weighted by Crippen LogP contribution is 2.45. The highest BCUT2D eigenvalue weighted by atomic mass is 35.5. The second-order valence-corrected chi connectivity index (χ2v) is 4.95. The molecule has 1 aliphatic heterocycles. The van der Waals surface area contributed by atoms with Gasteiger partial charge in [0.15, 0.2) is 0 Å². The zero-order valence-corrected chi connectivity index (χ0v) is 10.6. The molecular weight excluding hydrogens is 261 g/mol. The quantitative estimate of drug-likeness (QED) is 0.725. The fourth-order valence-corrected chi connectivity index (χ4v) is 1.70. The summed E-state index contributed by atoms with van der Waals surface area (Å²) >= 11 is 11.7. The summed E-state index contributed by atoms with van der Waals surface area (Å²) in [6.07, 6.45) is 4.80. The molecule has 0 spiro atoms. The van der Waals surface area contributed by atoms with Gasteiger partial charge in [-0.3, -0.25) is 0 Å². The lowest BCUT2D eigenvalue weighted by molar-refractivity contribution is 0.252. The zero-order chi connectivity index (χ0) is 12.3. The number of rotatable bonds is 2. The van der Waals surface area contributed by atoms with Crippen LogP contribution in [0.3, 0.4) is 0 Å². The van der Waals surface area contributed by atoms with Crippen LogP contribution in [0.1, 0.15) is 25.7 Å². The van der Waals surface area contributed by atoms with Crippen molar-refractivity contribution in [1.29, 1.82) is 5.26 Å². The van der Waals surface area contributed by atoms with Crippen molar-refractivity contribution in [2.45, 2.75) is 25.7 Å². The summed E-state index contributed by atoms with van der Waals surface area (Å²) in [4.78, 5) is 8.02. The average molecular weight is 272 g/mol. The molecule has 0 bridgehead atoms. The van der Waals surface area contributed by atoms with Crippen LogP contribution in [-0.4, -0.2) is 17.8 Å². The summed E-state index contributed by atoms with van der Waals surface area (Å²) < 4.78 is 5.41. The number of hydrogen-bond donors (Lipinski definition) is 0. The van der Waals surface area contributed by atoms with Crippen molar-refractivity contribution in [2.24, 2.45) is 15.4 Å². The van der Waals surface area contributed by atoms with E-state index in [9.17, 15) is 0 Å². The van der Waals surface area contributed by atoms with Crippen LogP contribution in [0, 0.1) is 16.7 Å². The molecule has 0 N–H and O–H groups in total. The Morgan fingerprint density at radius 3 is 2.82 bits per heavy atom. The van der Waals surface area contributed by atoms with Crippen LogP contribution >= 0.6 is 23.2 Å². The van der Waals surface area contributed by atoms with Crippen LogP contribution in [0.5, 0.6) is 0 Å². The van der Waals surface area contributed by atoms with E-state index in [4.69, 9.17) is 33.2 Å². The topological polar surface area (TPSA) is 57.7 Å². The number of nitriles is 1. The van der Waals surface area contributed by atoms with E-state index in [2.05, 4.69) is 16.1 Å². The van der Waals surface area contributed by atoms with Crippen LogP contribution < -0.4 is 0 Å². The van der Waals surface area contributed by atoms with Crippen LogP contribution in [0.4, 0.5) is 0 Å². The minimum atomic E-state index is -0.358. The number of hydrogen-bond acceptors (Lipinski definition) is 4. The predicted molar refractivity (Wildman–Crippen MR) is 67.1 cm³/mol. The van der Waals surface area contributed by atoms with Gasteiger partial charge in [0.05, 0.1) is 11.5 Å². The fraction of sp³-hybridized carbons (Fsp3) is 0.545. The molecule has 2 rings (SSSR count). The highest BCUT2D eigenvalue weighted by molar-refractivity contribution is 6.66. The van der Waals surface area contributed by atoms with Gasteiger partial charge in [0, 0.05) is 6.42 Å². The number of aliphatic imine (C=N–C) groups is 2. The van der Waals surface area contributed by atoms with E-state index in [0.29, 0.717) is 29.8 Å². The molecule has 1 aliphatic carbocycles. The van der Waals surface area contributed by atoms with Gasteiger partial charge in [0.25, 0.3) is 0 Å². The van der Waals surface area contributed by atoms with Crippen molar-refractivity contribution in [3.05, 3.63) is 11.2 Å². The molecule has 1 fully saturated rings. The fourth-order valence-electron chi connectivity index (χ4n) is 1.34.